The highest BCUT2D eigenvalue weighted by Crippen LogP contribution is 2.09. The monoisotopic (exact) mass is 251 g/mol. The van der Waals surface area contributed by atoms with E-state index in [0.717, 1.165) is 19.5 Å². The predicted octanol–water partition coefficient (Wildman–Crippen LogP) is 0.871. The van der Waals surface area contributed by atoms with Gasteiger partial charge in [0.1, 0.15) is 0 Å². The lowest BCUT2D eigenvalue weighted by Crippen LogP contribution is -2.48. The molecule has 0 spiro atoms. The third kappa shape index (κ3) is 4.63. The average Bonchev–Trinajstić information content (AvgIpc) is 2.38. The van der Waals surface area contributed by atoms with Crippen molar-refractivity contribution in [2.24, 2.45) is 0 Å². The van der Waals surface area contributed by atoms with Crippen LogP contribution in [-0.4, -0.2) is 61.5 Å². The maximum Gasteiger partial charge on any atom is 0.237 e. The highest BCUT2D eigenvalue weighted by atomic mass is 16.2. The Kier molecular flexibility index (Phi) is 6.68. The Morgan fingerprint density at radius 3 is 2.67 bits per heavy atom. The summed E-state index contributed by atoms with van der Waals surface area (Å²) in [4.78, 5) is 16.2. The zero-order chi connectivity index (χ0) is 13.4. The number of hydrogen-bond donors (Lipinski definition) is 1. The molecule has 18 heavy (non-hydrogen) atoms. The molecule has 0 bridgehead atoms. The molecular weight excluding hydrogens is 226 g/mol. The van der Waals surface area contributed by atoms with Gasteiger partial charge in [-0.05, 0) is 26.4 Å². The van der Waals surface area contributed by atoms with E-state index in [1.807, 2.05) is 7.05 Å². The quantitative estimate of drug-likeness (QED) is 0.682. The van der Waals surface area contributed by atoms with Gasteiger partial charge in [0.05, 0.1) is 6.54 Å². The number of carbonyl (C=O) groups is 1. The highest BCUT2D eigenvalue weighted by Gasteiger charge is 2.21. The molecule has 1 aliphatic rings. The van der Waals surface area contributed by atoms with Crippen LogP contribution in [0.5, 0.6) is 0 Å². The fraction of sp³-hybridized carbons (Fsp3) is 0.643. The second-order valence-electron chi connectivity index (χ2n) is 4.74. The number of carbonyl (C=O) groups excluding carboxylic acids is 1. The summed E-state index contributed by atoms with van der Waals surface area (Å²) >= 11 is 0. The van der Waals surface area contributed by atoms with Gasteiger partial charge in [-0.25, -0.2) is 0 Å². The number of rotatable bonds is 7. The van der Waals surface area contributed by atoms with Crippen molar-refractivity contribution in [2.75, 3.05) is 39.8 Å². The van der Waals surface area contributed by atoms with Crippen molar-refractivity contribution in [3.05, 3.63) is 25.3 Å². The van der Waals surface area contributed by atoms with Crippen LogP contribution in [0.25, 0.3) is 0 Å². The van der Waals surface area contributed by atoms with Gasteiger partial charge in [0.25, 0.3) is 0 Å². The summed E-state index contributed by atoms with van der Waals surface area (Å²) in [7, 11) is 1.98. The minimum absolute atomic E-state index is 0.159. The Bertz CT molecular complexity index is 281. The standard InChI is InChI=1S/C14H25N3O/c1-4-8-17(9-5-2)14(18)12-16-10-6-7-13(11-16)15-3/h4-5,13,15H,1-2,6-12H2,3H3. The molecule has 0 aliphatic carbocycles. The van der Waals surface area contributed by atoms with Crippen molar-refractivity contribution < 1.29 is 4.79 Å². The van der Waals surface area contributed by atoms with Crippen LogP contribution in [0.4, 0.5) is 0 Å². The van der Waals surface area contributed by atoms with Gasteiger partial charge in [-0.3, -0.25) is 9.69 Å². The molecule has 1 atom stereocenters. The Balaban J connectivity index is 2.45. The molecular formula is C14H25N3O. The second-order valence-corrected chi connectivity index (χ2v) is 4.74. The number of nitrogens with zero attached hydrogens (tertiary/aromatic N) is 2. The Morgan fingerprint density at radius 2 is 2.11 bits per heavy atom. The molecule has 1 saturated heterocycles. The molecule has 1 heterocycles. The van der Waals surface area contributed by atoms with E-state index in [0.29, 0.717) is 25.7 Å². The van der Waals surface area contributed by atoms with Gasteiger partial charge in [-0.15, -0.1) is 13.2 Å². The Labute approximate surface area is 110 Å². The van der Waals surface area contributed by atoms with E-state index < -0.39 is 0 Å². The lowest BCUT2D eigenvalue weighted by Gasteiger charge is -2.33. The van der Waals surface area contributed by atoms with Crippen molar-refractivity contribution in [1.29, 1.82) is 0 Å². The first kappa shape index (κ1) is 14.9. The van der Waals surface area contributed by atoms with E-state index in [1.54, 1.807) is 17.1 Å². The lowest BCUT2D eigenvalue weighted by molar-refractivity contribution is -0.131. The molecule has 0 saturated carbocycles. The van der Waals surface area contributed by atoms with Crippen molar-refractivity contribution in [2.45, 2.75) is 18.9 Å². The van der Waals surface area contributed by atoms with Crippen LogP contribution in [0.1, 0.15) is 12.8 Å². The fourth-order valence-corrected chi connectivity index (χ4v) is 2.32. The summed E-state index contributed by atoms with van der Waals surface area (Å²) in [6, 6.07) is 0.513. The van der Waals surface area contributed by atoms with Gasteiger partial charge in [0.15, 0.2) is 0 Å². The normalized spacial score (nSPS) is 20.4. The molecule has 0 aromatic rings. The SMILES string of the molecule is C=CCN(CC=C)C(=O)CN1CCCC(NC)C1. The summed E-state index contributed by atoms with van der Waals surface area (Å²) in [5.41, 5.74) is 0. The first-order valence-electron chi connectivity index (χ1n) is 6.60. The van der Waals surface area contributed by atoms with E-state index in [1.165, 1.54) is 6.42 Å². The highest BCUT2D eigenvalue weighted by molar-refractivity contribution is 5.78. The zero-order valence-electron chi connectivity index (χ0n) is 11.4. The Hall–Kier alpha value is -1.13. The molecule has 0 aromatic carbocycles. The molecule has 0 radical (unpaired) electrons. The van der Waals surface area contributed by atoms with Crippen molar-refractivity contribution in [3.8, 4) is 0 Å². The van der Waals surface area contributed by atoms with Crippen LogP contribution in [0.3, 0.4) is 0 Å². The van der Waals surface area contributed by atoms with Crippen LogP contribution in [0.15, 0.2) is 25.3 Å². The molecule has 0 aromatic heterocycles. The molecule has 1 N–H and O–H groups in total. The summed E-state index contributed by atoms with van der Waals surface area (Å²) in [5, 5.41) is 3.29. The molecule has 1 aliphatic heterocycles. The molecule has 4 nitrogen and oxygen atoms in total. The number of likely N-dealkylation sites (tertiary alicyclic amines) is 1. The van der Waals surface area contributed by atoms with Gasteiger partial charge in [0, 0.05) is 25.7 Å². The molecule has 4 heteroatoms. The van der Waals surface area contributed by atoms with E-state index >= 15 is 0 Å². The second kappa shape index (κ2) is 8.06. The van der Waals surface area contributed by atoms with Crippen molar-refractivity contribution >= 4 is 5.91 Å². The average molecular weight is 251 g/mol. The van der Waals surface area contributed by atoms with Crippen molar-refractivity contribution in [1.82, 2.24) is 15.1 Å². The summed E-state index contributed by atoms with van der Waals surface area (Å²) in [5.74, 6) is 0.159. The number of likely N-dealkylation sites (N-methyl/N-ethyl adjacent to an activating group) is 1. The number of hydrogen-bond acceptors (Lipinski definition) is 3. The topological polar surface area (TPSA) is 35.6 Å². The van der Waals surface area contributed by atoms with Crippen LogP contribution in [-0.2, 0) is 4.79 Å². The predicted molar refractivity (Wildman–Crippen MR) is 75.5 cm³/mol. The maximum atomic E-state index is 12.2. The third-order valence-electron chi connectivity index (χ3n) is 3.32. The number of nitrogens with one attached hydrogen (secondary N) is 1. The zero-order valence-corrected chi connectivity index (χ0v) is 11.4. The largest absolute Gasteiger partial charge is 0.334 e. The Morgan fingerprint density at radius 1 is 1.44 bits per heavy atom. The van der Waals surface area contributed by atoms with Crippen LogP contribution >= 0.6 is 0 Å². The summed E-state index contributed by atoms with van der Waals surface area (Å²) in [6.07, 6.45) is 5.87. The van der Waals surface area contributed by atoms with E-state index in [4.69, 9.17) is 0 Å². The van der Waals surface area contributed by atoms with Gasteiger partial charge >= 0.3 is 0 Å². The number of amides is 1. The molecule has 1 fully saturated rings. The van der Waals surface area contributed by atoms with Gasteiger partial charge in [-0.1, -0.05) is 12.2 Å². The maximum absolute atomic E-state index is 12.2. The van der Waals surface area contributed by atoms with Crippen LogP contribution in [0, 0.1) is 0 Å². The smallest absolute Gasteiger partial charge is 0.237 e. The molecule has 1 rings (SSSR count). The van der Waals surface area contributed by atoms with Crippen LogP contribution in [0.2, 0.25) is 0 Å². The minimum Gasteiger partial charge on any atom is -0.334 e. The molecule has 102 valence electrons. The minimum atomic E-state index is 0.159. The third-order valence-corrected chi connectivity index (χ3v) is 3.32. The number of piperidine rings is 1. The molecule has 1 unspecified atom stereocenters. The van der Waals surface area contributed by atoms with Gasteiger partial charge in [-0.2, -0.15) is 0 Å². The first-order valence-corrected chi connectivity index (χ1v) is 6.60. The molecule has 1 amide bonds. The lowest BCUT2D eigenvalue weighted by atomic mass is 10.1. The van der Waals surface area contributed by atoms with Gasteiger partial charge < -0.3 is 10.2 Å². The van der Waals surface area contributed by atoms with Gasteiger partial charge in [0.2, 0.25) is 5.91 Å². The van der Waals surface area contributed by atoms with Crippen molar-refractivity contribution in [3.63, 3.8) is 0 Å². The summed E-state index contributed by atoms with van der Waals surface area (Å²) < 4.78 is 0. The van der Waals surface area contributed by atoms with Crippen LogP contribution < -0.4 is 5.32 Å². The summed E-state index contributed by atoms with van der Waals surface area (Å²) in [6.45, 7) is 11.0. The van der Waals surface area contributed by atoms with E-state index in [-0.39, 0.29) is 5.91 Å². The fourth-order valence-electron chi connectivity index (χ4n) is 2.32. The van der Waals surface area contributed by atoms with E-state index in [9.17, 15) is 4.79 Å². The van der Waals surface area contributed by atoms with E-state index in [2.05, 4.69) is 23.4 Å². The first-order chi connectivity index (χ1) is 8.71.